The number of aromatic nitrogens is 1. The molecule has 23 heavy (non-hydrogen) atoms. The number of nitrogens with one attached hydrogen (secondary N) is 1. The Balaban J connectivity index is 2.00. The Morgan fingerprint density at radius 3 is 2.96 bits per heavy atom. The fraction of sp³-hybridized carbons (Fsp3) is 0.438. The minimum atomic E-state index is -0.198. The molecule has 0 aliphatic carbocycles. The van der Waals surface area contributed by atoms with E-state index in [-0.39, 0.29) is 17.9 Å². The maximum absolute atomic E-state index is 12.1. The molecular weight excluding hydrogens is 312 g/mol. The van der Waals surface area contributed by atoms with E-state index in [1.54, 1.807) is 7.05 Å². The maximum Gasteiger partial charge on any atom is 0.263 e. The number of likely N-dealkylation sites (tertiary alicyclic amines) is 1. The van der Waals surface area contributed by atoms with Crippen molar-refractivity contribution in [1.29, 1.82) is 0 Å². The van der Waals surface area contributed by atoms with Crippen LogP contribution in [0.15, 0.2) is 12.1 Å². The Kier molecular flexibility index (Phi) is 4.21. The van der Waals surface area contributed by atoms with Gasteiger partial charge in [-0.1, -0.05) is 6.92 Å². The molecule has 1 atom stereocenters. The molecule has 7 heteroatoms. The van der Waals surface area contributed by atoms with Crippen LogP contribution in [0.5, 0.6) is 0 Å². The molecule has 0 unspecified atom stereocenters. The molecule has 1 fully saturated rings. The summed E-state index contributed by atoms with van der Waals surface area (Å²) in [7, 11) is 1.58. The van der Waals surface area contributed by atoms with Crippen molar-refractivity contribution in [3.63, 3.8) is 0 Å². The van der Waals surface area contributed by atoms with Crippen molar-refractivity contribution in [2.75, 3.05) is 19.3 Å². The van der Waals surface area contributed by atoms with E-state index in [9.17, 15) is 9.59 Å². The van der Waals surface area contributed by atoms with Crippen molar-refractivity contribution in [2.24, 2.45) is 0 Å². The molecule has 6 nitrogen and oxygen atoms in total. The van der Waals surface area contributed by atoms with Gasteiger partial charge in [-0.05, 0) is 25.0 Å². The SMILES string of the molecule is CCC(=O)N1CCC[C@@H]1c1ccc2c(N)c(C(=O)NC)sc2n1. The zero-order valence-electron chi connectivity index (χ0n) is 13.3. The molecule has 0 radical (unpaired) electrons. The molecule has 3 rings (SSSR count). The number of amides is 2. The first kappa shape index (κ1) is 15.7. The zero-order valence-corrected chi connectivity index (χ0v) is 14.1. The second-order valence-electron chi connectivity index (χ2n) is 5.61. The second kappa shape index (κ2) is 6.16. The number of anilines is 1. The van der Waals surface area contributed by atoms with Crippen molar-refractivity contribution in [3.8, 4) is 0 Å². The lowest BCUT2D eigenvalue weighted by Crippen LogP contribution is -2.30. The standard InChI is InChI=1S/C16H20N4O2S/c1-3-12(21)20-8-4-5-11(20)10-7-6-9-13(17)14(15(22)18-2)23-16(9)19-10/h6-7,11H,3-5,8,17H2,1-2H3,(H,18,22)/t11-/m1/s1. The summed E-state index contributed by atoms with van der Waals surface area (Å²) in [4.78, 5) is 31.8. The van der Waals surface area contributed by atoms with Gasteiger partial charge in [-0.25, -0.2) is 4.98 Å². The van der Waals surface area contributed by atoms with Gasteiger partial charge in [0.15, 0.2) is 0 Å². The average molecular weight is 332 g/mol. The predicted molar refractivity (Wildman–Crippen MR) is 91.4 cm³/mol. The van der Waals surface area contributed by atoms with E-state index in [1.807, 2.05) is 24.0 Å². The number of hydrogen-bond donors (Lipinski definition) is 2. The number of carbonyl (C=O) groups excluding carboxylic acids is 2. The first-order chi connectivity index (χ1) is 11.1. The van der Waals surface area contributed by atoms with Crippen LogP contribution in [0.4, 0.5) is 5.69 Å². The number of carbonyl (C=O) groups is 2. The van der Waals surface area contributed by atoms with E-state index in [2.05, 4.69) is 10.3 Å². The molecule has 3 heterocycles. The third-order valence-electron chi connectivity index (χ3n) is 4.27. The van der Waals surface area contributed by atoms with Crippen LogP contribution >= 0.6 is 11.3 Å². The predicted octanol–water partition coefficient (Wildman–Crippen LogP) is 2.31. The minimum absolute atomic E-state index is 0.0265. The van der Waals surface area contributed by atoms with Crippen LogP contribution in [0, 0.1) is 0 Å². The summed E-state index contributed by atoms with van der Waals surface area (Å²) >= 11 is 1.29. The summed E-state index contributed by atoms with van der Waals surface area (Å²) in [6, 6.07) is 3.85. The largest absolute Gasteiger partial charge is 0.397 e. The van der Waals surface area contributed by atoms with E-state index in [0.717, 1.165) is 35.3 Å². The van der Waals surface area contributed by atoms with Crippen molar-refractivity contribution in [3.05, 3.63) is 22.7 Å². The summed E-state index contributed by atoms with van der Waals surface area (Å²) in [6.45, 7) is 2.66. The van der Waals surface area contributed by atoms with Gasteiger partial charge in [-0.2, -0.15) is 0 Å². The maximum atomic E-state index is 12.1. The van der Waals surface area contributed by atoms with Gasteiger partial charge >= 0.3 is 0 Å². The van der Waals surface area contributed by atoms with E-state index in [1.165, 1.54) is 11.3 Å². The van der Waals surface area contributed by atoms with Gasteiger partial charge in [0, 0.05) is 25.4 Å². The first-order valence-electron chi connectivity index (χ1n) is 7.77. The Bertz CT molecular complexity index is 771. The first-order valence-corrected chi connectivity index (χ1v) is 8.59. The quantitative estimate of drug-likeness (QED) is 0.903. The highest BCUT2D eigenvalue weighted by molar-refractivity contribution is 7.21. The summed E-state index contributed by atoms with van der Waals surface area (Å²) in [6.07, 6.45) is 2.42. The van der Waals surface area contributed by atoms with E-state index >= 15 is 0 Å². The topological polar surface area (TPSA) is 88.3 Å². The summed E-state index contributed by atoms with van der Waals surface area (Å²) < 4.78 is 0. The lowest BCUT2D eigenvalue weighted by atomic mass is 10.1. The van der Waals surface area contributed by atoms with Gasteiger partial charge in [-0.3, -0.25) is 9.59 Å². The lowest BCUT2D eigenvalue weighted by molar-refractivity contribution is -0.131. The monoisotopic (exact) mass is 332 g/mol. The highest BCUT2D eigenvalue weighted by Crippen LogP contribution is 2.36. The molecule has 2 aromatic rings. The Morgan fingerprint density at radius 1 is 1.48 bits per heavy atom. The zero-order chi connectivity index (χ0) is 16.6. The highest BCUT2D eigenvalue weighted by Gasteiger charge is 2.30. The molecule has 3 N–H and O–H groups in total. The molecule has 1 saturated heterocycles. The summed E-state index contributed by atoms with van der Waals surface area (Å²) in [5, 5.41) is 3.39. The van der Waals surface area contributed by atoms with Gasteiger partial charge in [0.25, 0.3) is 5.91 Å². The van der Waals surface area contributed by atoms with Crippen LogP contribution in [0.2, 0.25) is 0 Å². The number of nitrogens with zero attached hydrogens (tertiary/aromatic N) is 2. The van der Waals surface area contributed by atoms with E-state index in [0.29, 0.717) is 17.0 Å². The Labute approximate surface area is 138 Å². The van der Waals surface area contributed by atoms with Crippen molar-refractivity contribution < 1.29 is 9.59 Å². The number of nitrogens with two attached hydrogens (primary N) is 1. The Morgan fingerprint density at radius 2 is 2.26 bits per heavy atom. The van der Waals surface area contributed by atoms with Crippen molar-refractivity contribution in [2.45, 2.75) is 32.2 Å². The van der Waals surface area contributed by atoms with Gasteiger partial charge in [-0.15, -0.1) is 11.3 Å². The fourth-order valence-electron chi connectivity index (χ4n) is 3.06. The van der Waals surface area contributed by atoms with Crippen LogP contribution in [-0.4, -0.2) is 35.3 Å². The van der Waals surface area contributed by atoms with E-state index < -0.39 is 0 Å². The summed E-state index contributed by atoms with van der Waals surface area (Å²) in [5.74, 6) is -0.0400. The number of thiophene rings is 1. The normalized spacial score (nSPS) is 17.7. The van der Waals surface area contributed by atoms with Crippen LogP contribution in [0.25, 0.3) is 10.2 Å². The second-order valence-corrected chi connectivity index (χ2v) is 6.61. The molecule has 0 bridgehead atoms. The molecule has 122 valence electrons. The van der Waals surface area contributed by atoms with Crippen LogP contribution in [0.1, 0.15) is 47.6 Å². The van der Waals surface area contributed by atoms with Gasteiger partial charge in [0.05, 0.1) is 17.4 Å². The molecule has 0 spiro atoms. The third-order valence-corrected chi connectivity index (χ3v) is 5.38. The van der Waals surface area contributed by atoms with Gasteiger partial charge in [0.2, 0.25) is 5.91 Å². The molecule has 1 aliphatic heterocycles. The number of rotatable bonds is 3. The number of fused-ring (bicyclic) bond motifs is 1. The molecular formula is C16H20N4O2S. The highest BCUT2D eigenvalue weighted by atomic mass is 32.1. The van der Waals surface area contributed by atoms with Gasteiger partial charge < -0.3 is 16.0 Å². The van der Waals surface area contributed by atoms with E-state index in [4.69, 9.17) is 5.73 Å². The smallest absolute Gasteiger partial charge is 0.263 e. The van der Waals surface area contributed by atoms with Crippen molar-refractivity contribution >= 4 is 39.1 Å². The minimum Gasteiger partial charge on any atom is -0.397 e. The number of pyridine rings is 1. The van der Waals surface area contributed by atoms with Crippen LogP contribution < -0.4 is 11.1 Å². The van der Waals surface area contributed by atoms with Crippen LogP contribution in [0.3, 0.4) is 0 Å². The molecule has 2 aromatic heterocycles. The number of hydrogen-bond acceptors (Lipinski definition) is 5. The molecule has 0 aromatic carbocycles. The third kappa shape index (κ3) is 2.65. The molecule has 0 saturated carbocycles. The fourth-order valence-corrected chi connectivity index (χ4v) is 4.10. The molecule has 2 amide bonds. The molecule has 1 aliphatic rings. The average Bonchev–Trinajstić information content (AvgIpc) is 3.18. The van der Waals surface area contributed by atoms with Crippen LogP contribution in [-0.2, 0) is 4.79 Å². The summed E-state index contributed by atoms with van der Waals surface area (Å²) in [5.41, 5.74) is 7.41. The van der Waals surface area contributed by atoms with Crippen molar-refractivity contribution in [1.82, 2.24) is 15.2 Å². The lowest BCUT2D eigenvalue weighted by Gasteiger charge is -2.23. The number of nitrogen functional groups attached to an aromatic ring is 1. The van der Waals surface area contributed by atoms with Gasteiger partial charge in [0.1, 0.15) is 9.71 Å². The Hall–Kier alpha value is -2.15.